The Bertz CT molecular complexity index is 961. The Morgan fingerprint density at radius 2 is 1.82 bits per heavy atom. The molecule has 3 nitrogen and oxygen atoms in total. The van der Waals surface area contributed by atoms with Crippen LogP contribution in [0.4, 0.5) is 0 Å². The summed E-state index contributed by atoms with van der Waals surface area (Å²) < 4.78 is 0. The van der Waals surface area contributed by atoms with E-state index in [0.717, 1.165) is 44.9 Å². The van der Waals surface area contributed by atoms with Crippen molar-refractivity contribution >= 4 is 11.8 Å². The largest absolute Gasteiger partial charge is 0.478 e. The van der Waals surface area contributed by atoms with Crippen LogP contribution in [0, 0.1) is 34.0 Å². The lowest BCUT2D eigenvalue weighted by molar-refractivity contribution is -0.139. The number of carboxylic acid groups (broad SMARTS) is 1. The van der Waals surface area contributed by atoms with Crippen molar-refractivity contribution < 1.29 is 14.7 Å². The quantitative estimate of drug-likeness (QED) is 0.344. The molecule has 0 saturated heterocycles. The van der Waals surface area contributed by atoms with Crippen LogP contribution < -0.4 is 0 Å². The lowest BCUT2D eigenvalue weighted by Gasteiger charge is -2.58. The number of allylic oxidation sites excluding steroid dienone is 5. The van der Waals surface area contributed by atoms with Gasteiger partial charge in [-0.15, -0.1) is 0 Å². The van der Waals surface area contributed by atoms with Gasteiger partial charge in [0, 0.05) is 22.8 Å². The standard InChI is InChI=1S/C30H44O3/c1-18(9-8-10-19(2)27(32)33)21-13-15-30(7)22-11-12-24-28(4,5)25(31)14-16-29(24,6)23(22)17-20(3)26(21)30/h10,18,20,24H,8-9,11-17H2,1-7H3,(H,32,33)/b19-10-/t18-,20-,24+,29-,30+/m1/s1. The third-order valence-electron chi connectivity index (χ3n) is 10.5. The molecule has 0 aromatic carbocycles. The van der Waals surface area contributed by atoms with E-state index < -0.39 is 5.97 Å². The molecular formula is C30H44O3. The van der Waals surface area contributed by atoms with Crippen LogP contribution in [0.15, 0.2) is 33.9 Å². The molecule has 0 bridgehead atoms. The Morgan fingerprint density at radius 1 is 1.12 bits per heavy atom. The molecule has 1 fully saturated rings. The maximum atomic E-state index is 12.8. The highest BCUT2D eigenvalue weighted by atomic mass is 16.4. The first-order chi connectivity index (χ1) is 15.3. The van der Waals surface area contributed by atoms with Crippen molar-refractivity contribution in [3.63, 3.8) is 0 Å². The van der Waals surface area contributed by atoms with Gasteiger partial charge in [0.05, 0.1) is 0 Å². The van der Waals surface area contributed by atoms with E-state index in [-0.39, 0.29) is 16.2 Å². The molecule has 0 unspecified atom stereocenters. The van der Waals surface area contributed by atoms with Crippen LogP contribution in [-0.2, 0) is 9.59 Å². The van der Waals surface area contributed by atoms with Gasteiger partial charge in [0.2, 0.25) is 0 Å². The highest BCUT2D eigenvalue weighted by Crippen LogP contribution is 2.67. The summed E-state index contributed by atoms with van der Waals surface area (Å²) in [7, 11) is 0. The van der Waals surface area contributed by atoms with Gasteiger partial charge in [-0.3, -0.25) is 4.79 Å². The number of hydrogen-bond acceptors (Lipinski definition) is 2. The second-order valence-corrected chi connectivity index (χ2v) is 12.7. The Hall–Kier alpha value is -1.64. The first-order valence-electron chi connectivity index (χ1n) is 13.2. The zero-order valence-corrected chi connectivity index (χ0v) is 21.9. The van der Waals surface area contributed by atoms with Gasteiger partial charge in [0.25, 0.3) is 0 Å². The van der Waals surface area contributed by atoms with E-state index in [1.807, 2.05) is 6.08 Å². The number of carbonyl (C=O) groups is 2. The summed E-state index contributed by atoms with van der Waals surface area (Å²) >= 11 is 0. The van der Waals surface area contributed by atoms with Crippen LogP contribution in [0.2, 0.25) is 0 Å². The number of fused-ring (bicyclic) bond motifs is 4. The van der Waals surface area contributed by atoms with E-state index in [9.17, 15) is 9.59 Å². The predicted octanol–water partition coefficient (Wildman–Crippen LogP) is 7.67. The average Bonchev–Trinajstić information content (AvgIpc) is 3.11. The van der Waals surface area contributed by atoms with E-state index in [4.69, 9.17) is 5.11 Å². The third-order valence-corrected chi connectivity index (χ3v) is 10.5. The van der Waals surface area contributed by atoms with E-state index >= 15 is 0 Å². The first-order valence-corrected chi connectivity index (χ1v) is 13.2. The fourth-order valence-electron chi connectivity index (χ4n) is 8.56. The molecule has 0 heterocycles. The van der Waals surface area contributed by atoms with Gasteiger partial charge in [-0.05, 0) is 81.5 Å². The number of ketones is 1. The number of hydrogen-bond donors (Lipinski definition) is 1. The molecule has 4 aliphatic rings. The second-order valence-electron chi connectivity index (χ2n) is 12.7. The van der Waals surface area contributed by atoms with Crippen molar-refractivity contribution in [2.24, 2.45) is 34.0 Å². The van der Waals surface area contributed by atoms with Gasteiger partial charge < -0.3 is 5.11 Å². The highest BCUT2D eigenvalue weighted by Gasteiger charge is 2.58. The zero-order valence-electron chi connectivity index (χ0n) is 21.9. The molecule has 0 radical (unpaired) electrons. The van der Waals surface area contributed by atoms with E-state index in [2.05, 4.69) is 41.5 Å². The zero-order chi connectivity index (χ0) is 24.3. The number of carbonyl (C=O) groups excluding carboxylic acids is 1. The molecule has 0 spiro atoms. The molecule has 0 aliphatic heterocycles. The summed E-state index contributed by atoms with van der Waals surface area (Å²) in [5.74, 6) is 1.18. The number of rotatable bonds is 5. The topological polar surface area (TPSA) is 54.4 Å². The Balaban J connectivity index is 1.67. The van der Waals surface area contributed by atoms with Crippen molar-refractivity contribution in [1.29, 1.82) is 0 Å². The van der Waals surface area contributed by atoms with Gasteiger partial charge in [0.15, 0.2) is 0 Å². The minimum Gasteiger partial charge on any atom is -0.478 e. The molecule has 0 amide bonds. The van der Waals surface area contributed by atoms with E-state index in [1.165, 1.54) is 12.8 Å². The summed E-state index contributed by atoms with van der Waals surface area (Å²) in [6.45, 7) is 15.9. The number of carboxylic acids is 1. The SMILES string of the molecule is C/C(=C/CC[C@@H](C)C1=C2[C@H](C)CC3=C(CC[C@H]4C(C)(C)C(=O)CC[C@]34C)[C@]2(C)CC1)C(=O)O. The van der Waals surface area contributed by atoms with Crippen molar-refractivity contribution in [3.8, 4) is 0 Å². The van der Waals surface area contributed by atoms with Crippen LogP contribution in [0.5, 0.6) is 0 Å². The molecule has 0 aromatic heterocycles. The van der Waals surface area contributed by atoms with Crippen LogP contribution in [0.1, 0.15) is 106 Å². The third kappa shape index (κ3) is 3.69. The summed E-state index contributed by atoms with van der Waals surface area (Å²) in [6, 6.07) is 0. The Labute approximate surface area is 200 Å². The second kappa shape index (κ2) is 8.24. The first kappa shape index (κ1) is 24.5. The number of aliphatic carboxylic acids is 1. The maximum absolute atomic E-state index is 12.8. The summed E-state index contributed by atoms with van der Waals surface area (Å²) in [4.78, 5) is 23.9. The Kier molecular flexibility index (Phi) is 6.11. The predicted molar refractivity (Wildman–Crippen MR) is 134 cm³/mol. The molecule has 33 heavy (non-hydrogen) atoms. The van der Waals surface area contributed by atoms with Crippen molar-refractivity contribution in [3.05, 3.63) is 33.9 Å². The maximum Gasteiger partial charge on any atom is 0.330 e. The highest BCUT2D eigenvalue weighted by molar-refractivity contribution is 5.86. The van der Waals surface area contributed by atoms with Crippen LogP contribution in [0.25, 0.3) is 0 Å². The Morgan fingerprint density at radius 3 is 2.48 bits per heavy atom. The van der Waals surface area contributed by atoms with Crippen molar-refractivity contribution in [2.45, 2.75) is 106 Å². The van der Waals surface area contributed by atoms with Crippen LogP contribution >= 0.6 is 0 Å². The summed E-state index contributed by atoms with van der Waals surface area (Å²) in [6.07, 6.45) is 11.4. The smallest absolute Gasteiger partial charge is 0.330 e. The molecule has 4 aliphatic carbocycles. The minimum atomic E-state index is -0.810. The fourth-order valence-corrected chi connectivity index (χ4v) is 8.56. The molecule has 3 heteroatoms. The molecular weight excluding hydrogens is 408 g/mol. The average molecular weight is 453 g/mol. The normalized spacial score (nSPS) is 36.9. The molecule has 182 valence electrons. The lowest BCUT2D eigenvalue weighted by Crippen LogP contribution is -2.52. The lowest BCUT2D eigenvalue weighted by atomic mass is 9.45. The van der Waals surface area contributed by atoms with Gasteiger partial charge in [-0.1, -0.05) is 69.9 Å². The monoisotopic (exact) mass is 452 g/mol. The summed E-state index contributed by atoms with van der Waals surface area (Å²) in [5, 5.41) is 9.14. The number of Topliss-reactive ketones (excluding diaryl/α,β-unsaturated/α-hetero) is 1. The molecule has 1 saturated carbocycles. The van der Waals surface area contributed by atoms with Crippen LogP contribution in [-0.4, -0.2) is 16.9 Å². The molecule has 5 atom stereocenters. The van der Waals surface area contributed by atoms with Crippen LogP contribution in [0.3, 0.4) is 0 Å². The molecule has 4 rings (SSSR count). The van der Waals surface area contributed by atoms with E-state index in [1.54, 1.807) is 29.2 Å². The van der Waals surface area contributed by atoms with Gasteiger partial charge in [-0.25, -0.2) is 4.79 Å². The van der Waals surface area contributed by atoms with Gasteiger partial charge in [0.1, 0.15) is 5.78 Å². The summed E-state index contributed by atoms with van der Waals surface area (Å²) in [5.41, 5.74) is 7.41. The van der Waals surface area contributed by atoms with Crippen molar-refractivity contribution in [2.75, 3.05) is 0 Å². The van der Waals surface area contributed by atoms with Gasteiger partial charge in [-0.2, -0.15) is 0 Å². The van der Waals surface area contributed by atoms with Crippen molar-refractivity contribution in [1.82, 2.24) is 0 Å². The minimum absolute atomic E-state index is 0.168. The molecule has 0 aromatic rings. The van der Waals surface area contributed by atoms with Gasteiger partial charge >= 0.3 is 5.97 Å². The fraction of sp³-hybridized carbons (Fsp3) is 0.733. The molecule has 1 N–H and O–H groups in total. The van der Waals surface area contributed by atoms with E-state index in [0.29, 0.717) is 29.1 Å².